The molecule has 0 aromatic heterocycles. The van der Waals surface area contributed by atoms with Crippen LogP contribution in [0.4, 0.5) is 0 Å². The van der Waals surface area contributed by atoms with E-state index in [4.69, 9.17) is 5.11 Å². The summed E-state index contributed by atoms with van der Waals surface area (Å²) in [5, 5.41) is 37.8. The molecule has 0 rings (SSSR count). The third-order valence-corrected chi connectivity index (χ3v) is 3.76. The molecule has 0 aliphatic carbocycles. The van der Waals surface area contributed by atoms with Gasteiger partial charge in [-0.1, -0.05) is 86.9 Å². The standard InChI is InChI=1S/C22H34O5/c1-2-3-9-16-20(24)21(25)17-12-7-5-4-6-10-14-19(23)15-11-8-13-18-22(26)27/h4-8,10-12,14,17,19-21,23-25H,2-3,9,13,15-16,18H2,1H3,(H,26,27)/b6-4-,7-5+,11-8-,14-10+,17-12+/t19-,20+,21-/m1/s1. The van der Waals surface area contributed by atoms with Crippen LogP contribution in [0.1, 0.15) is 51.9 Å². The van der Waals surface area contributed by atoms with Crippen molar-refractivity contribution in [3.8, 4) is 0 Å². The molecule has 5 heteroatoms. The summed E-state index contributed by atoms with van der Waals surface area (Å²) in [6, 6.07) is 0. The lowest BCUT2D eigenvalue weighted by Gasteiger charge is -2.13. The van der Waals surface area contributed by atoms with Gasteiger partial charge in [-0.15, -0.1) is 0 Å². The molecule has 0 spiro atoms. The van der Waals surface area contributed by atoms with Gasteiger partial charge in [0.2, 0.25) is 0 Å². The molecule has 27 heavy (non-hydrogen) atoms. The van der Waals surface area contributed by atoms with Gasteiger partial charge in [-0.3, -0.25) is 4.79 Å². The summed E-state index contributed by atoms with van der Waals surface area (Å²) < 4.78 is 0. The smallest absolute Gasteiger partial charge is 0.303 e. The first-order valence-electron chi connectivity index (χ1n) is 9.56. The molecule has 0 bridgehead atoms. The third kappa shape index (κ3) is 17.2. The van der Waals surface area contributed by atoms with Crippen LogP contribution in [0, 0.1) is 0 Å². The van der Waals surface area contributed by atoms with Gasteiger partial charge in [0.05, 0.1) is 18.3 Å². The van der Waals surface area contributed by atoms with Crippen molar-refractivity contribution >= 4 is 5.97 Å². The van der Waals surface area contributed by atoms with Gasteiger partial charge in [0.15, 0.2) is 0 Å². The van der Waals surface area contributed by atoms with Crippen molar-refractivity contribution in [1.29, 1.82) is 0 Å². The quantitative estimate of drug-likeness (QED) is 0.198. The highest BCUT2D eigenvalue weighted by atomic mass is 16.4. The molecule has 0 saturated heterocycles. The highest BCUT2D eigenvalue weighted by Gasteiger charge is 2.11. The van der Waals surface area contributed by atoms with Crippen LogP contribution in [0.5, 0.6) is 0 Å². The highest BCUT2D eigenvalue weighted by molar-refractivity contribution is 5.66. The summed E-state index contributed by atoms with van der Waals surface area (Å²) in [4.78, 5) is 10.3. The average molecular weight is 379 g/mol. The van der Waals surface area contributed by atoms with E-state index in [0.29, 0.717) is 19.3 Å². The number of aliphatic carboxylic acids is 1. The number of rotatable bonds is 15. The molecule has 0 heterocycles. The Hall–Kier alpha value is -1.95. The van der Waals surface area contributed by atoms with Crippen LogP contribution in [0.2, 0.25) is 0 Å². The van der Waals surface area contributed by atoms with E-state index in [1.54, 1.807) is 60.8 Å². The van der Waals surface area contributed by atoms with Gasteiger partial charge >= 0.3 is 5.97 Å². The van der Waals surface area contributed by atoms with Crippen molar-refractivity contribution in [3.05, 3.63) is 60.8 Å². The molecular formula is C22H34O5. The minimum atomic E-state index is -0.853. The molecule has 0 unspecified atom stereocenters. The molecule has 0 saturated carbocycles. The topological polar surface area (TPSA) is 98.0 Å². The minimum Gasteiger partial charge on any atom is -0.481 e. The molecule has 152 valence electrons. The predicted octanol–water partition coefficient (Wildman–Crippen LogP) is 3.69. The Morgan fingerprint density at radius 1 is 0.889 bits per heavy atom. The van der Waals surface area contributed by atoms with E-state index in [-0.39, 0.29) is 6.42 Å². The van der Waals surface area contributed by atoms with Crippen molar-refractivity contribution in [3.63, 3.8) is 0 Å². The number of unbranched alkanes of at least 4 members (excludes halogenated alkanes) is 2. The number of allylic oxidation sites excluding steroid dienone is 7. The summed E-state index contributed by atoms with van der Waals surface area (Å²) in [7, 11) is 0. The van der Waals surface area contributed by atoms with Crippen LogP contribution in [0.3, 0.4) is 0 Å². The van der Waals surface area contributed by atoms with Crippen LogP contribution in [-0.2, 0) is 4.79 Å². The molecule has 3 atom stereocenters. The van der Waals surface area contributed by atoms with Crippen molar-refractivity contribution in [1.82, 2.24) is 0 Å². The second kappa shape index (κ2) is 17.5. The zero-order valence-corrected chi connectivity index (χ0v) is 16.2. The first kappa shape index (κ1) is 25.1. The summed E-state index contributed by atoms with van der Waals surface area (Å²) in [6.45, 7) is 2.10. The van der Waals surface area contributed by atoms with E-state index in [0.717, 1.165) is 19.3 Å². The van der Waals surface area contributed by atoms with Gasteiger partial charge in [0.1, 0.15) is 0 Å². The van der Waals surface area contributed by atoms with Gasteiger partial charge in [-0.25, -0.2) is 0 Å². The molecule has 0 aromatic rings. The lowest BCUT2D eigenvalue weighted by Crippen LogP contribution is -2.23. The fraction of sp³-hybridized carbons (Fsp3) is 0.500. The lowest BCUT2D eigenvalue weighted by atomic mass is 10.1. The summed E-state index contributed by atoms with van der Waals surface area (Å²) in [5.74, 6) is -0.828. The number of aliphatic hydroxyl groups is 3. The highest BCUT2D eigenvalue weighted by Crippen LogP contribution is 2.07. The lowest BCUT2D eigenvalue weighted by molar-refractivity contribution is -0.136. The van der Waals surface area contributed by atoms with Crippen LogP contribution >= 0.6 is 0 Å². The predicted molar refractivity (Wildman–Crippen MR) is 109 cm³/mol. The van der Waals surface area contributed by atoms with Gasteiger partial charge in [-0.05, 0) is 19.3 Å². The second-order valence-corrected chi connectivity index (χ2v) is 6.30. The molecular weight excluding hydrogens is 344 g/mol. The van der Waals surface area contributed by atoms with E-state index in [1.807, 2.05) is 0 Å². The van der Waals surface area contributed by atoms with E-state index in [2.05, 4.69) is 6.92 Å². The molecule has 5 nitrogen and oxygen atoms in total. The maximum absolute atomic E-state index is 10.3. The minimum absolute atomic E-state index is 0.0980. The Bertz CT molecular complexity index is 517. The number of carboxylic acid groups (broad SMARTS) is 1. The van der Waals surface area contributed by atoms with Gasteiger partial charge < -0.3 is 20.4 Å². The number of carboxylic acids is 1. The fourth-order valence-corrected chi connectivity index (χ4v) is 2.17. The van der Waals surface area contributed by atoms with Crippen LogP contribution in [0.15, 0.2) is 60.8 Å². The number of carbonyl (C=O) groups is 1. The third-order valence-electron chi connectivity index (χ3n) is 3.76. The van der Waals surface area contributed by atoms with E-state index >= 15 is 0 Å². The van der Waals surface area contributed by atoms with Crippen LogP contribution in [-0.4, -0.2) is 44.7 Å². The van der Waals surface area contributed by atoms with Crippen molar-refractivity contribution in [2.45, 2.75) is 70.2 Å². The number of hydrogen-bond acceptors (Lipinski definition) is 4. The Kier molecular flexibility index (Phi) is 16.2. The Morgan fingerprint density at radius 3 is 2.15 bits per heavy atom. The maximum Gasteiger partial charge on any atom is 0.303 e. The number of hydrogen-bond donors (Lipinski definition) is 4. The first-order valence-corrected chi connectivity index (χ1v) is 9.56. The maximum atomic E-state index is 10.3. The van der Waals surface area contributed by atoms with Crippen molar-refractivity contribution < 1.29 is 25.2 Å². The molecule has 0 amide bonds. The SMILES string of the molecule is CCCCC[C@H](O)[C@H](O)/C=C/C=C/C=C\C=C\[C@@H](O)C/C=C\CCC(=O)O. The summed E-state index contributed by atoms with van der Waals surface area (Å²) >= 11 is 0. The van der Waals surface area contributed by atoms with E-state index in [1.165, 1.54) is 0 Å². The fourth-order valence-electron chi connectivity index (χ4n) is 2.17. The molecule has 4 N–H and O–H groups in total. The van der Waals surface area contributed by atoms with E-state index in [9.17, 15) is 20.1 Å². The zero-order valence-electron chi connectivity index (χ0n) is 16.2. The van der Waals surface area contributed by atoms with Gasteiger partial charge in [-0.2, -0.15) is 0 Å². The molecule has 0 aromatic carbocycles. The molecule has 0 aliphatic heterocycles. The normalized spacial score (nSPS) is 16.3. The van der Waals surface area contributed by atoms with E-state index < -0.39 is 24.3 Å². The van der Waals surface area contributed by atoms with Crippen LogP contribution < -0.4 is 0 Å². The van der Waals surface area contributed by atoms with Crippen molar-refractivity contribution in [2.24, 2.45) is 0 Å². The molecule has 0 radical (unpaired) electrons. The summed E-state index contributed by atoms with van der Waals surface area (Å²) in [5.41, 5.74) is 0. The Balaban J connectivity index is 3.98. The largest absolute Gasteiger partial charge is 0.481 e. The Labute approximate surface area is 162 Å². The van der Waals surface area contributed by atoms with Crippen LogP contribution in [0.25, 0.3) is 0 Å². The van der Waals surface area contributed by atoms with Gasteiger partial charge in [0, 0.05) is 6.42 Å². The molecule has 0 aliphatic rings. The number of aliphatic hydroxyl groups excluding tert-OH is 3. The first-order chi connectivity index (χ1) is 13.0. The van der Waals surface area contributed by atoms with Gasteiger partial charge in [0.25, 0.3) is 0 Å². The Morgan fingerprint density at radius 2 is 1.52 bits per heavy atom. The average Bonchev–Trinajstić information content (AvgIpc) is 2.63. The molecule has 0 fully saturated rings. The monoisotopic (exact) mass is 378 g/mol. The van der Waals surface area contributed by atoms with Crippen molar-refractivity contribution in [2.75, 3.05) is 0 Å². The second-order valence-electron chi connectivity index (χ2n) is 6.30. The summed E-state index contributed by atoms with van der Waals surface area (Å²) in [6.07, 6.45) is 19.8. The zero-order chi connectivity index (χ0) is 20.3.